The zero-order chi connectivity index (χ0) is 9.68. The fourth-order valence-corrected chi connectivity index (χ4v) is 1.34. The molecule has 0 unspecified atom stereocenters. The smallest absolute Gasteiger partial charge is 0.254 e. The van der Waals surface area contributed by atoms with E-state index in [0.717, 1.165) is 16.6 Å². The molecule has 0 aliphatic heterocycles. The van der Waals surface area contributed by atoms with Gasteiger partial charge in [0.15, 0.2) is 0 Å². The second kappa shape index (κ2) is 5.26. The molecule has 4 heteroatoms. The number of amides is 1. The predicted molar refractivity (Wildman–Crippen MR) is 59.3 cm³/mol. The van der Waals surface area contributed by atoms with Gasteiger partial charge in [-0.2, -0.15) is 0 Å². The van der Waals surface area contributed by atoms with Crippen LogP contribution in [0.2, 0.25) is 0 Å². The van der Waals surface area contributed by atoms with Gasteiger partial charge in [-0.05, 0) is 6.07 Å². The first-order valence-corrected chi connectivity index (χ1v) is 5.72. The fourth-order valence-electron chi connectivity index (χ4n) is 1.07. The zero-order valence-corrected chi connectivity index (χ0v) is 9.63. The average molecular weight is 293 g/mol. The number of furan rings is 1. The summed E-state index contributed by atoms with van der Waals surface area (Å²) in [6.45, 7) is 2.67. The number of nitrogens with one attached hydrogen (secondary N) is 1. The van der Waals surface area contributed by atoms with Crippen molar-refractivity contribution in [2.24, 2.45) is 0 Å². The van der Waals surface area contributed by atoms with E-state index in [2.05, 4.69) is 27.9 Å². The number of hydrogen-bond donors (Lipinski definition) is 1. The van der Waals surface area contributed by atoms with Crippen LogP contribution in [-0.2, 0) is 6.42 Å². The van der Waals surface area contributed by atoms with Gasteiger partial charge < -0.3 is 9.73 Å². The van der Waals surface area contributed by atoms with Crippen molar-refractivity contribution in [3.8, 4) is 0 Å². The summed E-state index contributed by atoms with van der Waals surface area (Å²) in [4.78, 5) is 11.5. The molecule has 0 radical (unpaired) electrons. The molecule has 1 N–H and O–H groups in total. The van der Waals surface area contributed by atoms with Crippen LogP contribution < -0.4 is 5.32 Å². The Hall–Kier alpha value is -0.520. The van der Waals surface area contributed by atoms with Crippen LogP contribution in [-0.4, -0.2) is 16.9 Å². The van der Waals surface area contributed by atoms with Crippen molar-refractivity contribution in [3.63, 3.8) is 0 Å². The van der Waals surface area contributed by atoms with Crippen LogP contribution in [0.15, 0.2) is 16.7 Å². The second-order valence-corrected chi connectivity index (χ2v) is 3.63. The van der Waals surface area contributed by atoms with Gasteiger partial charge >= 0.3 is 0 Å². The maximum Gasteiger partial charge on any atom is 0.254 e. The Morgan fingerprint density at radius 3 is 3.08 bits per heavy atom. The van der Waals surface area contributed by atoms with Gasteiger partial charge in [0.2, 0.25) is 0 Å². The minimum absolute atomic E-state index is 0.0396. The number of hydrogen-bond acceptors (Lipinski definition) is 2. The monoisotopic (exact) mass is 293 g/mol. The molecule has 0 fully saturated rings. The van der Waals surface area contributed by atoms with Gasteiger partial charge in [-0.1, -0.05) is 29.5 Å². The summed E-state index contributed by atoms with van der Waals surface area (Å²) in [6, 6.07) is 1.71. The van der Waals surface area contributed by atoms with Gasteiger partial charge in [0.05, 0.1) is 11.8 Å². The molecule has 13 heavy (non-hydrogen) atoms. The van der Waals surface area contributed by atoms with Crippen molar-refractivity contribution in [2.75, 3.05) is 11.0 Å². The lowest BCUT2D eigenvalue weighted by Crippen LogP contribution is -2.25. The summed E-state index contributed by atoms with van der Waals surface area (Å²) in [5.41, 5.74) is 0.660. The molecule has 3 nitrogen and oxygen atoms in total. The van der Waals surface area contributed by atoms with E-state index >= 15 is 0 Å². The lowest BCUT2D eigenvalue weighted by atomic mass is 10.2. The van der Waals surface area contributed by atoms with Crippen molar-refractivity contribution in [1.82, 2.24) is 5.32 Å². The minimum atomic E-state index is -0.0396. The third-order valence-corrected chi connectivity index (χ3v) is 2.23. The number of aryl methyl sites for hydroxylation is 1. The highest BCUT2D eigenvalue weighted by atomic mass is 127. The molecule has 0 saturated heterocycles. The maximum atomic E-state index is 11.5. The van der Waals surface area contributed by atoms with Gasteiger partial charge in [-0.3, -0.25) is 4.79 Å². The Balaban J connectivity index is 2.65. The maximum absolute atomic E-state index is 11.5. The highest BCUT2D eigenvalue weighted by Gasteiger charge is 2.11. The molecule has 1 rings (SSSR count). The quantitative estimate of drug-likeness (QED) is 0.681. The molecule has 0 aromatic carbocycles. The number of alkyl halides is 1. The van der Waals surface area contributed by atoms with Crippen LogP contribution in [0.25, 0.3) is 0 Å². The minimum Gasteiger partial charge on any atom is -0.469 e. The topological polar surface area (TPSA) is 42.2 Å². The van der Waals surface area contributed by atoms with E-state index in [9.17, 15) is 4.79 Å². The molecule has 72 valence electrons. The molecule has 1 heterocycles. The van der Waals surface area contributed by atoms with Gasteiger partial charge in [-0.25, -0.2) is 0 Å². The molecule has 0 bridgehead atoms. The molecular weight excluding hydrogens is 281 g/mol. The summed E-state index contributed by atoms with van der Waals surface area (Å²) < 4.78 is 6.07. The third-order valence-electron chi connectivity index (χ3n) is 1.69. The standard InChI is InChI=1S/C9H12INO2/c1-2-8-7(3-6-13-8)9(12)11-5-4-10/h3,6H,2,4-5H2,1H3,(H,11,12). The van der Waals surface area contributed by atoms with Crippen LogP contribution in [0.1, 0.15) is 23.0 Å². The largest absolute Gasteiger partial charge is 0.469 e. The SMILES string of the molecule is CCc1occc1C(=O)NCCI. The first kappa shape index (κ1) is 10.6. The lowest BCUT2D eigenvalue weighted by molar-refractivity contribution is 0.0954. The lowest BCUT2D eigenvalue weighted by Gasteiger charge is -2.01. The highest BCUT2D eigenvalue weighted by Crippen LogP contribution is 2.10. The third kappa shape index (κ3) is 2.72. The van der Waals surface area contributed by atoms with E-state index in [1.807, 2.05) is 6.92 Å². The van der Waals surface area contributed by atoms with Crippen LogP contribution >= 0.6 is 22.6 Å². The Morgan fingerprint density at radius 2 is 2.46 bits per heavy atom. The van der Waals surface area contributed by atoms with Crippen molar-refractivity contribution in [1.29, 1.82) is 0 Å². The highest BCUT2D eigenvalue weighted by molar-refractivity contribution is 14.1. The summed E-state index contributed by atoms with van der Waals surface area (Å²) in [6.07, 6.45) is 2.30. The average Bonchev–Trinajstić information content (AvgIpc) is 2.61. The number of halogens is 1. The first-order valence-electron chi connectivity index (χ1n) is 4.20. The fraction of sp³-hybridized carbons (Fsp3) is 0.444. The van der Waals surface area contributed by atoms with Crippen molar-refractivity contribution < 1.29 is 9.21 Å². The van der Waals surface area contributed by atoms with Crippen LogP contribution in [0.3, 0.4) is 0 Å². The van der Waals surface area contributed by atoms with Crippen LogP contribution in [0, 0.1) is 0 Å². The van der Waals surface area contributed by atoms with Gasteiger partial charge in [0.1, 0.15) is 5.76 Å². The van der Waals surface area contributed by atoms with E-state index in [0.29, 0.717) is 12.1 Å². The van der Waals surface area contributed by atoms with Crippen LogP contribution in [0.5, 0.6) is 0 Å². The summed E-state index contributed by atoms with van der Waals surface area (Å²) in [5.74, 6) is 0.716. The molecule has 0 aliphatic carbocycles. The van der Waals surface area contributed by atoms with Gasteiger partial charge in [-0.15, -0.1) is 0 Å². The Bertz CT molecular complexity index is 283. The molecule has 1 amide bonds. The number of carbonyl (C=O) groups excluding carboxylic acids is 1. The van der Waals surface area contributed by atoms with Gasteiger partial charge in [0, 0.05) is 17.4 Å². The van der Waals surface area contributed by atoms with Gasteiger partial charge in [0.25, 0.3) is 5.91 Å². The van der Waals surface area contributed by atoms with E-state index in [-0.39, 0.29) is 5.91 Å². The molecule has 0 spiro atoms. The molecule has 1 aromatic heterocycles. The van der Waals surface area contributed by atoms with E-state index in [4.69, 9.17) is 4.42 Å². The molecule has 0 saturated carbocycles. The predicted octanol–water partition coefficient (Wildman–Crippen LogP) is 2.01. The Morgan fingerprint density at radius 1 is 1.69 bits per heavy atom. The summed E-state index contributed by atoms with van der Waals surface area (Å²) in [5, 5.41) is 2.80. The molecule has 0 atom stereocenters. The van der Waals surface area contributed by atoms with Crippen molar-refractivity contribution in [3.05, 3.63) is 23.7 Å². The van der Waals surface area contributed by atoms with E-state index in [1.54, 1.807) is 12.3 Å². The summed E-state index contributed by atoms with van der Waals surface area (Å²) >= 11 is 2.22. The van der Waals surface area contributed by atoms with Crippen LogP contribution in [0.4, 0.5) is 0 Å². The van der Waals surface area contributed by atoms with Crippen molar-refractivity contribution in [2.45, 2.75) is 13.3 Å². The Labute approximate surface area is 91.0 Å². The molecule has 0 aliphatic rings. The first-order chi connectivity index (χ1) is 6.29. The number of rotatable bonds is 4. The van der Waals surface area contributed by atoms with E-state index in [1.165, 1.54) is 0 Å². The Kier molecular flexibility index (Phi) is 4.27. The summed E-state index contributed by atoms with van der Waals surface area (Å²) in [7, 11) is 0. The van der Waals surface area contributed by atoms with E-state index < -0.39 is 0 Å². The van der Waals surface area contributed by atoms with Crippen molar-refractivity contribution >= 4 is 28.5 Å². The molecular formula is C9H12INO2. The normalized spacial score (nSPS) is 10.0. The molecule has 1 aromatic rings. The number of carbonyl (C=O) groups is 1. The zero-order valence-electron chi connectivity index (χ0n) is 7.47. The second-order valence-electron chi connectivity index (χ2n) is 2.56.